The molecule has 114 valence electrons. The summed E-state index contributed by atoms with van der Waals surface area (Å²) in [4.78, 5) is 3.94. The van der Waals surface area contributed by atoms with E-state index in [0.717, 1.165) is 12.1 Å². The molecule has 1 aromatic carbocycles. The fourth-order valence-corrected chi connectivity index (χ4v) is 1.68. The number of ether oxygens (including phenoxy) is 1. The molecule has 0 fully saturated rings. The van der Waals surface area contributed by atoms with Crippen LogP contribution in [0.5, 0.6) is 5.75 Å². The van der Waals surface area contributed by atoms with Gasteiger partial charge in [-0.2, -0.15) is 18.2 Å². The average molecular weight is 303 g/mol. The van der Waals surface area contributed by atoms with Crippen molar-refractivity contribution in [1.82, 2.24) is 10.1 Å². The quantitative estimate of drug-likeness (QED) is 0.898. The molecule has 0 saturated heterocycles. The maximum absolute atomic E-state index is 12.7. The molecule has 3 N–H and O–H groups in total. The highest BCUT2D eigenvalue weighted by molar-refractivity contribution is 5.58. The van der Waals surface area contributed by atoms with E-state index in [2.05, 4.69) is 10.1 Å². The number of hydrogen-bond acceptors (Lipinski definition) is 6. The first-order valence-corrected chi connectivity index (χ1v) is 5.84. The minimum atomic E-state index is -4.68. The number of nitrogens with two attached hydrogens (primary N) is 1. The molecule has 1 unspecified atom stereocenters. The zero-order valence-electron chi connectivity index (χ0n) is 10.9. The molecule has 1 heterocycles. The topological polar surface area (TPSA) is 94.4 Å². The van der Waals surface area contributed by atoms with Crippen LogP contribution in [0.2, 0.25) is 0 Å². The van der Waals surface area contributed by atoms with E-state index in [1.165, 1.54) is 13.2 Å². The summed E-state index contributed by atoms with van der Waals surface area (Å²) in [6.45, 7) is 0.0848. The molecular formula is C12H12F3N3O3. The van der Waals surface area contributed by atoms with Crippen LogP contribution < -0.4 is 5.73 Å². The lowest BCUT2D eigenvalue weighted by molar-refractivity contribution is -0.138. The number of methoxy groups -OCH3 is 1. The third-order valence-electron chi connectivity index (χ3n) is 2.78. The van der Waals surface area contributed by atoms with Crippen molar-refractivity contribution in [2.24, 2.45) is 5.73 Å². The Morgan fingerprint density at radius 2 is 2.14 bits per heavy atom. The van der Waals surface area contributed by atoms with Crippen molar-refractivity contribution in [3.8, 4) is 17.1 Å². The highest BCUT2D eigenvalue weighted by Crippen LogP contribution is 2.37. The van der Waals surface area contributed by atoms with Gasteiger partial charge < -0.3 is 20.1 Å². The lowest BCUT2D eigenvalue weighted by atomic mass is 10.1. The molecule has 2 rings (SSSR count). The van der Waals surface area contributed by atoms with Gasteiger partial charge in [-0.25, -0.2) is 0 Å². The second-order valence-electron chi connectivity index (χ2n) is 4.15. The standard InChI is InChI=1S/C12H12F3N3O3/c1-20-9(5-16)11-17-10(18-21-11)6-2-3-8(19)7(4-6)12(13,14)15/h2-4,9,19H,5,16H2,1H3. The molecule has 1 atom stereocenters. The predicted molar refractivity (Wildman–Crippen MR) is 65.2 cm³/mol. The number of hydrogen-bond donors (Lipinski definition) is 2. The van der Waals surface area contributed by atoms with Gasteiger partial charge in [-0.1, -0.05) is 5.16 Å². The van der Waals surface area contributed by atoms with Crippen molar-refractivity contribution in [2.75, 3.05) is 13.7 Å². The van der Waals surface area contributed by atoms with Gasteiger partial charge in [0, 0.05) is 19.2 Å². The smallest absolute Gasteiger partial charge is 0.419 e. The van der Waals surface area contributed by atoms with Crippen LogP contribution in [0.4, 0.5) is 13.2 Å². The van der Waals surface area contributed by atoms with E-state index in [-0.39, 0.29) is 23.8 Å². The van der Waals surface area contributed by atoms with E-state index in [0.29, 0.717) is 0 Å². The van der Waals surface area contributed by atoms with Crippen LogP contribution in [-0.4, -0.2) is 28.9 Å². The maximum atomic E-state index is 12.7. The summed E-state index contributed by atoms with van der Waals surface area (Å²) < 4.78 is 48.1. The van der Waals surface area contributed by atoms with Crippen LogP contribution >= 0.6 is 0 Å². The SMILES string of the molecule is COC(CN)c1nc(-c2ccc(O)c(C(F)(F)F)c2)no1. The van der Waals surface area contributed by atoms with Crippen LogP contribution in [0.25, 0.3) is 11.4 Å². The zero-order chi connectivity index (χ0) is 15.6. The zero-order valence-corrected chi connectivity index (χ0v) is 10.9. The van der Waals surface area contributed by atoms with Crippen LogP contribution in [0.15, 0.2) is 22.7 Å². The van der Waals surface area contributed by atoms with Crippen molar-refractivity contribution < 1.29 is 27.5 Å². The molecule has 0 amide bonds. The Hall–Kier alpha value is -2.13. The molecule has 21 heavy (non-hydrogen) atoms. The second-order valence-corrected chi connectivity index (χ2v) is 4.15. The number of benzene rings is 1. The molecule has 0 aliphatic heterocycles. The van der Waals surface area contributed by atoms with Crippen molar-refractivity contribution in [1.29, 1.82) is 0 Å². The Morgan fingerprint density at radius 3 is 2.71 bits per heavy atom. The van der Waals surface area contributed by atoms with E-state index < -0.39 is 23.6 Å². The predicted octanol–water partition coefficient (Wildman–Crippen LogP) is 2.11. The van der Waals surface area contributed by atoms with Gasteiger partial charge in [-0.15, -0.1) is 0 Å². The summed E-state index contributed by atoms with van der Waals surface area (Å²) in [5, 5.41) is 12.9. The van der Waals surface area contributed by atoms with Gasteiger partial charge in [0.2, 0.25) is 5.82 Å². The Bertz CT molecular complexity index is 624. The molecule has 2 aromatic rings. The monoisotopic (exact) mass is 303 g/mol. The van der Waals surface area contributed by atoms with Crippen molar-refractivity contribution >= 4 is 0 Å². The van der Waals surface area contributed by atoms with Gasteiger partial charge in [0.15, 0.2) is 0 Å². The van der Waals surface area contributed by atoms with E-state index in [1.807, 2.05) is 0 Å². The summed E-state index contributed by atoms with van der Waals surface area (Å²) in [6.07, 6.45) is -5.32. The summed E-state index contributed by atoms with van der Waals surface area (Å²) >= 11 is 0. The Labute approximate surface area is 117 Å². The molecule has 0 aliphatic rings. The Balaban J connectivity index is 2.39. The first-order valence-electron chi connectivity index (χ1n) is 5.84. The van der Waals surface area contributed by atoms with E-state index in [9.17, 15) is 18.3 Å². The number of alkyl halides is 3. The van der Waals surface area contributed by atoms with Crippen LogP contribution in [0.3, 0.4) is 0 Å². The summed E-state index contributed by atoms with van der Waals surface area (Å²) in [5.74, 6) is -0.852. The molecule has 0 bridgehead atoms. The van der Waals surface area contributed by atoms with Crippen LogP contribution in [-0.2, 0) is 10.9 Å². The van der Waals surface area contributed by atoms with Crippen molar-refractivity contribution in [2.45, 2.75) is 12.3 Å². The third kappa shape index (κ3) is 3.14. The third-order valence-corrected chi connectivity index (χ3v) is 2.78. The second kappa shape index (κ2) is 5.70. The summed E-state index contributed by atoms with van der Waals surface area (Å²) in [5.41, 5.74) is 4.31. The largest absolute Gasteiger partial charge is 0.507 e. The summed E-state index contributed by atoms with van der Waals surface area (Å²) in [7, 11) is 1.39. The normalized spacial score (nSPS) is 13.4. The number of rotatable bonds is 4. The molecule has 0 saturated carbocycles. The molecule has 6 nitrogen and oxygen atoms in total. The fraction of sp³-hybridized carbons (Fsp3) is 0.333. The number of aromatic hydroxyl groups is 1. The van der Waals surface area contributed by atoms with Gasteiger partial charge in [0.1, 0.15) is 11.9 Å². The number of phenolic OH excluding ortho intramolecular Hbond substituents is 1. The first kappa shape index (κ1) is 15.3. The van der Waals surface area contributed by atoms with Gasteiger partial charge in [0.25, 0.3) is 5.89 Å². The molecule has 0 spiro atoms. The highest BCUT2D eigenvalue weighted by Gasteiger charge is 2.34. The lowest BCUT2D eigenvalue weighted by Crippen LogP contribution is -2.14. The summed E-state index contributed by atoms with van der Waals surface area (Å²) in [6, 6.07) is 2.92. The number of nitrogens with zero attached hydrogens (tertiary/aromatic N) is 2. The van der Waals surface area contributed by atoms with Crippen molar-refractivity contribution in [3.63, 3.8) is 0 Å². The number of aromatic nitrogens is 2. The van der Waals surface area contributed by atoms with E-state index in [1.54, 1.807) is 0 Å². The minimum Gasteiger partial charge on any atom is -0.507 e. The van der Waals surface area contributed by atoms with E-state index >= 15 is 0 Å². The van der Waals surface area contributed by atoms with Crippen LogP contribution in [0, 0.1) is 0 Å². The molecule has 9 heteroatoms. The highest BCUT2D eigenvalue weighted by atomic mass is 19.4. The number of phenols is 1. The Kier molecular flexibility index (Phi) is 4.14. The van der Waals surface area contributed by atoms with Gasteiger partial charge >= 0.3 is 6.18 Å². The minimum absolute atomic E-state index is 0.0500. The van der Waals surface area contributed by atoms with E-state index in [4.69, 9.17) is 15.0 Å². The Morgan fingerprint density at radius 1 is 1.43 bits per heavy atom. The molecule has 0 radical (unpaired) electrons. The molecular weight excluding hydrogens is 291 g/mol. The molecule has 0 aliphatic carbocycles. The van der Waals surface area contributed by atoms with Crippen LogP contribution in [0.1, 0.15) is 17.6 Å². The van der Waals surface area contributed by atoms with Gasteiger partial charge in [0.05, 0.1) is 5.56 Å². The fourth-order valence-electron chi connectivity index (χ4n) is 1.68. The maximum Gasteiger partial charge on any atom is 0.419 e. The first-order chi connectivity index (χ1) is 9.86. The van der Waals surface area contributed by atoms with Gasteiger partial charge in [-0.3, -0.25) is 0 Å². The van der Waals surface area contributed by atoms with Gasteiger partial charge in [-0.05, 0) is 18.2 Å². The lowest BCUT2D eigenvalue weighted by Gasteiger charge is -2.09. The number of halogens is 3. The average Bonchev–Trinajstić information content (AvgIpc) is 2.89. The van der Waals surface area contributed by atoms with Crippen molar-refractivity contribution in [3.05, 3.63) is 29.7 Å². The molecule has 1 aromatic heterocycles.